The van der Waals surface area contributed by atoms with Crippen LogP contribution in [0.15, 0.2) is 53.6 Å². The van der Waals surface area contributed by atoms with Crippen molar-refractivity contribution in [3.05, 3.63) is 59.1 Å². The molecule has 0 fully saturated rings. The van der Waals surface area contributed by atoms with E-state index in [0.29, 0.717) is 39.5 Å². The van der Waals surface area contributed by atoms with Crippen molar-refractivity contribution >= 4 is 29.3 Å². The van der Waals surface area contributed by atoms with E-state index in [2.05, 4.69) is 15.5 Å². The third-order valence-corrected chi connectivity index (χ3v) is 5.67. The van der Waals surface area contributed by atoms with Crippen LogP contribution in [0.4, 0.5) is 0 Å². The highest BCUT2D eigenvalue weighted by molar-refractivity contribution is 7.99. The molecule has 3 aromatic rings. The summed E-state index contributed by atoms with van der Waals surface area (Å²) in [5.74, 6) is 1.69. The summed E-state index contributed by atoms with van der Waals surface area (Å²) < 4.78 is 16.1. The zero-order chi connectivity index (χ0) is 22.2. The first-order valence-electron chi connectivity index (χ1n) is 9.32. The van der Waals surface area contributed by atoms with Gasteiger partial charge in [0.25, 0.3) is 0 Å². The molecule has 0 bridgehead atoms. The normalized spacial score (nSPS) is 10.5. The number of carbonyl (C=O) groups is 1. The fourth-order valence-electron chi connectivity index (χ4n) is 2.81. The van der Waals surface area contributed by atoms with Gasteiger partial charge in [0.05, 0.1) is 32.8 Å². The maximum absolute atomic E-state index is 12.1. The van der Waals surface area contributed by atoms with Crippen LogP contribution in [0.25, 0.3) is 11.3 Å². The summed E-state index contributed by atoms with van der Waals surface area (Å²) in [5, 5.41) is 12.6. The van der Waals surface area contributed by atoms with Gasteiger partial charge in [-0.1, -0.05) is 41.6 Å². The quantitative estimate of drug-likeness (QED) is 0.479. The van der Waals surface area contributed by atoms with Gasteiger partial charge < -0.3 is 19.5 Å². The van der Waals surface area contributed by atoms with Crippen LogP contribution in [0.2, 0.25) is 5.02 Å². The molecule has 162 valence electrons. The topological polar surface area (TPSA) is 82.6 Å². The Labute approximate surface area is 190 Å². The summed E-state index contributed by atoms with van der Waals surface area (Å²) in [4.78, 5) is 12.1. The van der Waals surface area contributed by atoms with Crippen LogP contribution >= 0.6 is 23.4 Å². The smallest absolute Gasteiger partial charge is 0.230 e. The molecule has 0 radical (unpaired) electrons. The highest BCUT2D eigenvalue weighted by Crippen LogP contribution is 2.40. The Kier molecular flexibility index (Phi) is 7.97. The van der Waals surface area contributed by atoms with Crippen LogP contribution in [0.3, 0.4) is 0 Å². The monoisotopic (exact) mass is 459 g/mol. The Morgan fingerprint density at radius 1 is 1.00 bits per heavy atom. The molecular weight excluding hydrogens is 438 g/mol. The number of thioether (sulfide) groups is 1. The molecule has 9 heteroatoms. The van der Waals surface area contributed by atoms with Gasteiger partial charge >= 0.3 is 0 Å². The molecule has 1 amide bonds. The third kappa shape index (κ3) is 5.80. The number of carbonyl (C=O) groups excluding carboxylic acids is 1. The number of nitrogens with one attached hydrogen (secondary N) is 1. The van der Waals surface area contributed by atoms with Gasteiger partial charge in [0.1, 0.15) is 5.03 Å². The molecule has 0 aliphatic rings. The van der Waals surface area contributed by atoms with Crippen molar-refractivity contribution in [1.82, 2.24) is 15.5 Å². The van der Waals surface area contributed by atoms with Crippen LogP contribution in [0, 0.1) is 0 Å². The molecular formula is C22H22ClN3O4S. The number of hydrogen-bond donors (Lipinski definition) is 1. The van der Waals surface area contributed by atoms with Crippen molar-refractivity contribution in [2.75, 3.05) is 27.1 Å². The summed E-state index contributed by atoms with van der Waals surface area (Å²) in [5.41, 5.74) is 2.29. The molecule has 2 aromatic carbocycles. The van der Waals surface area contributed by atoms with Crippen LogP contribution in [-0.2, 0) is 11.3 Å². The number of halogens is 1. The van der Waals surface area contributed by atoms with E-state index in [9.17, 15) is 4.79 Å². The molecule has 0 aliphatic carbocycles. The summed E-state index contributed by atoms with van der Waals surface area (Å²) in [6.07, 6.45) is 0. The summed E-state index contributed by atoms with van der Waals surface area (Å²) >= 11 is 7.41. The highest BCUT2D eigenvalue weighted by atomic mass is 35.5. The van der Waals surface area contributed by atoms with E-state index in [0.717, 1.165) is 11.1 Å². The minimum atomic E-state index is -0.111. The fraction of sp³-hybridized carbons (Fsp3) is 0.227. The molecule has 0 aliphatic heterocycles. The first-order valence-corrected chi connectivity index (χ1v) is 10.7. The van der Waals surface area contributed by atoms with E-state index >= 15 is 0 Å². The van der Waals surface area contributed by atoms with E-state index in [1.165, 1.54) is 11.8 Å². The lowest BCUT2D eigenvalue weighted by Crippen LogP contribution is -2.24. The Hall–Kier alpha value is -2.97. The molecule has 1 N–H and O–H groups in total. The lowest BCUT2D eigenvalue weighted by atomic mass is 10.1. The average molecular weight is 460 g/mol. The maximum atomic E-state index is 12.1. The van der Waals surface area contributed by atoms with Crippen LogP contribution in [0.1, 0.15) is 5.56 Å². The number of benzene rings is 2. The Morgan fingerprint density at radius 2 is 1.71 bits per heavy atom. The van der Waals surface area contributed by atoms with Gasteiger partial charge in [-0.25, -0.2) is 0 Å². The zero-order valence-corrected chi connectivity index (χ0v) is 18.9. The first kappa shape index (κ1) is 22.7. The van der Waals surface area contributed by atoms with E-state index < -0.39 is 0 Å². The van der Waals surface area contributed by atoms with Gasteiger partial charge in [0, 0.05) is 17.1 Å². The second kappa shape index (κ2) is 10.9. The Bertz CT molecular complexity index is 1020. The van der Waals surface area contributed by atoms with Gasteiger partial charge in [-0.2, -0.15) is 0 Å². The van der Waals surface area contributed by atoms with Crippen molar-refractivity contribution in [3.8, 4) is 28.5 Å². The van der Waals surface area contributed by atoms with Gasteiger partial charge in [-0.3, -0.25) is 4.79 Å². The third-order valence-electron chi connectivity index (χ3n) is 4.39. The lowest BCUT2D eigenvalue weighted by molar-refractivity contribution is -0.118. The maximum Gasteiger partial charge on any atom is 0.230 e. The van der Waals surface area contributed by atoms with Crippen molar-refractivity contribution in [3.63, 3.8) is 0 Å². The van der Waals surface area contributed by atoms with Crippen molar-refractivity contribution in [1.29, 1.82) is 0 Å². The van der Waals surface area contributed by atoms with E-state index in [1.54, 1.807) is 39.5 Å². The molecule has 0 saturated carbocycles. The van der Waals surface area contributed by atoms with Crippen molar-refractivity contribution in [2.24, 2.45) is 0 Å². The molecule has 7 nitrogen and oxygen atoms in total. The largest absolute Gasteiger partial charge is 0.493 e. The van der Waals surface area contributed by atoms with Crippen molar-refractivity contribution in [2.45, 2.75) is 11.6 Å². The van der Waals surface area contributed by atoms with E-state index in [1.807, 2.05) is 30.3 Å². The van der Waals surface area contributed by atoms with E-state index in [-0.39, 0.29) is 11.7 Å². The SMILES string of the molecule is COc1cc(-c2ccc(SCC(=O)NCc3ccccc3Cl)nn2)cc(OC)c1OC. The molecule has 3 rings (SSSR count). The van der Waals surface area contributed by atoms with Gasteiger partial charge in [0.15, 0.2) is 11.5 Å². The molecule has 0 saturated heterocycles. The molecule has 1 heterocycles. The number of rotatable bonds is 9. The molecule has 0 spiro atoms. The molecule has 0 unspecified atom stereocenters. The Morgan fingerprint density at radius 3 is 2.29 bits per heavy atom. The number of hydrogen-bond acceptors (Lipinski definition) is 7. The number of nitrogens with zero attached hydrogens (tertiary/aromatic N) is 2. The molecule has 1 aromatic heterocycles. The fourth-order valence-corrected chi connectivity index (χ4v) is 3.65. The molecule has 0 atom stereocenters. The number of amides is 1. The predicted octanol–water partition coefficient (Wildman–Crippen LogP) is 4.23. The second-order valence-corrected chi connectivity index (χ2v) is 7.73. The number of methoxy groups -OCH3 is 3. The van der Waals surface area contributed by atoms with Gasteiger partial charge in [0.2, 0.25) is 11.7 Å². The predicted molar refractivity (Wildman–Crippen MR) is 121 cm³/mol. The number of aromatic nitrogens is 2. The van der Waals surface area contributed by atoms with Gasteiger partial charge in [-0.05, 0) is 35.9 Å². The summed E-state index contributed by atoms with van der Waals surface area (Å²) in [7, 11) is 4.67. The lowest BCUT2D eigenvalue weighted by Gasteiger charge is -2.13. The Balaban J connectivity index is 1.61. The van der Waals surface area contributed by atoms with Gasteiger partial charge in [-0.15, -0.1) is 10.2 Å². The van der Waals surface area contributed by atoms with Crippen molar-refractivity contribution < 1.29 is 19.0 Å². The van der Waals surface area contributed by atoms with Crippen LogP contribution < -0.4 is 19.5 Å². The minimum absolute atomic E-state index is 0.111. The second-order valence-electron chi connectivity index (χ2n) is 6.33. The standard InChI is InChI=1S/C22H22ClN3O4S/c1-28-18-10-15(11-19(29-2)22(18)30-3)17-8-9-21(26-25-17)31-13-20(27)24-12-14-6-4-5-7-16(14)23/h4-11H,12-13H2,1-3H3,(H,24,27). The van der Waals surface area contributed by atoms with Crippen LogP contribution in [0.5, 0.6) is 17.2 Å². The molecule has 31 heavy (non-hydrogen) atoms. The first-order chi connectivity index (χ1) is 15.0. The summed E-state index contributed by atoms with van der Waals surface area (Å²) in [6, 6.07) is 14.7. The van der Waals surface area contributed by atoms with E-state index in [4.69, 9.17) is 25.8 Å². The van der Waals surface area contributed by atoms with Crippen LogP contribution in [-0.4, -0.2) is 43.2 Å². The average Bonchev–Trinajstić information content (AvgIpc) is 2.81. The zero-order valence-electron chi connectivity index (χ0n) is 17.3. The number of ether oxygens (including phenoxy) is 3. The minimum Gasteiger partial charge on any atom is -0.493 e. The highest BCUT2D eigenvalue weighted by Gasteiger charge is 2.15. The summed E-state index contributed by atoms with van der Waals surface area (Å²) in [6.45, 7) is 0.380.